The number of nitrogens with two attached hydrogens (primary N) is 1. The van der Waals surface area contributed by atoms with Crippen molar-refractivity contribution in [1.29, 1.82) is 0 Å². The second-order valence-electron chi connectivity index (χ2n) is 9.13. The fourth-order valence-corrected chi connectivity index (χ4v) is 6.63. The minimum Gasteiger partial charge on any atom is -0.366 e. The molecule has 0 bridgehead atoms. The number of hydrogen-bond donors (Lipinski definition) is 2. The first-order chi connectivity index (χ1) is 13.0. The zero-order chi connectivity index (χ0) is 19.0. The van der Waals surface area contributed by atoms with E-state index >= 15 is 0 Å². The molecule has 2 saturated heterocycles. The topological polar surface area (TPSA) is 58.4 Å². The second kappa shape index (κ2) is 8.26. The van der Waals surface area contributed by atoms with Crippen molar-refractivity contribution in [3.05, 3.63) is 23.3 Å². The molecule has 6 atom stereocenters. The number of fused-ring (bicyclic) bond motifs is 1. The van der Waals surface area contributed by atoms with Gasteiger partial charge in [-0.3, -0.25) is 9.69 Å². The fraction of sp³-hybridized carbons (Fsp3) is 0.773. The molecule has 27 heavy (non-hydrogen) atoms. The molecule has 150 valence electrons. The molecule has 0 aromatic carbocycles. The zero-order valence-electron chi connectivity index (χ0n) is 16.5. The monoisotopic (exact) mass is 391 g/mol. The van der Waals surface area contributed by atoms with E-state index in [4.69, 9.17) is 17.3 Å². The number of rotatable bonds is 4. The van der Waals surface area contributed by atoms with E-state index in [1.54, 1.807) is 0 Å². The third-order valence-electron chi connectivity index (χ3n) is 7.53. The Morgan fingerprint density at radius 2 is 2.15 bits per heavy atom. The predicted octanol–water partition coefficient (Wildman–Crippen LogP) is 3.21. The van der Waals surface area contributed by atoms with Crippen LogP contribution < -0.4 is 11.1 Å². The summed E-state index contributed by atoms with van der Waals surface area (Å²) in [5.41, 5.74) is 7.70. The van der Waals surface area contributed by atoms with Crippen molar-refractivity contribution in [3.8, 4) is 0 Å². The quantitative estimate of drug-likeness (QED) is 0.723. The number of piperidine rings is 1. The summed E-state index contributed by atoms with van der Waals surface area (Å²) in [6.45, 7) is 5.81. The Bertz CT molecular complexity index is 631. The number of primary amides is 1. The smallest absolute Gasteiger partial charge is 0.244 e. The number of halogens is 1. The van der Waals surface area contributed by atoms with Gasteiger partial charge in [0.15, 0.2) is 0 Å². The number of carbonyl (C=O) groups excluding carboxylic acids is 1. The van der Waals surface area contributed by atoms with Crippen LogP contribution in [0.25, 0.3) is 0 Å². The van der Waals surface area contributed by atoms with Gasteiger partial charge in [-0.2, -0.15) is 0 Å². The third kappa shape index (κ3) is 3.99. The van der Waals surface area contributed by atoms with Gasteiger partial charge in [-0.05, 0) is 69.4 Å². The third-order valence-corrected chi connectivity index (χ3v) is 8.03. The molecule has 6 unspecified atom stereocenters. The van der Waals surface area contributed by atoms with Gasteiger partial charge in [0, 0.05) is 29.6 Å². The summed E-state index contributed by atoms with van der Waals surface area (Å²) < 4.78 is 0. The van der Waals surface area contributed by atoms with Gasteiger partial charge < -0.3 is 11.1 Å². The van der Waals surface area contributed by atoms with E-state index in [0.29, 0.717) is 29.3 Å². The van der Waals surface area contributed by atoms with E-state index in [-0.39, 0.29) is 5.91 Å². The molecule has 1 saturated carbocycles. The van der Waals surface area contributed by atoms with Gasteiger partial charge in [-0.25, -0.2) is 0 Å². The minimum absolute atomic E-state index is 0.271. The molecule has 4 rings (SSSR count). The summed E-state index contributed by atoms with van der Waals surface area (Å²) in [6, 6.07) is 1.17. The SMILES string of the molecule is CC1CC(Cl)C(CN2CCCCC2C2=CC=C(C(N)=O)CC2)C2CCNC12. The first-order valence-corrected chi connectivity index (χ1v) is 11.3. The molecule has 0 aromatic heterocycles. The van der Waals surface area contributed by atoms with Crippen LogP contribution in [0.4, 0.5) is 0 Å². The lowest BCUT2D eigenvalue weighted by Gasteiger charge is -2.46. The number of likely N-dealkylation sites (tertiary alicyclic amines) is 1. The number of nitrogens with zero attached hydrogens (tertiary/aromatic N) is 1. The average molecular weight is 392 g/mol. The summed E-state index contributed by atoms with van der Waals surface area (Å²) >= 11 is 6.92. The average Bonchev–Trinajstić information content (AvgIpc) is 3.16. The van der Waals surface area contributed by atoms with Gasteiger partial charge in [0.2, 0.25) is 5.91 Å². The van der Waals surface area contributed by atoms with Gasteiger partial charge in [0.25, 0.3) is 0 Å². The normalized spacial score (nSPS) is 40.2. The Balaban J connectivity index is 1.49. The van der Waals surface area contributed by atoms with E-state index in [1.807, 2.05) is 6.08 Å². The Labute approximate surface area is 168 Å². The van der Waals surface area contributed by atoms with Gasteiger partial charge in [-0.15, -0.1) is 11.6 Å². The Hall–Kier alpha value is -0.840. The fourth-order valence-electron chi connectivity index (χ4n) is 6.08. The molecule has 2 aliphatic heterocycles. The van der Waals surface area contributed by atoms with Crippen LogP contribution in [0.3, 0.4) is 0 Å². The molecular weight excluding hydrogens is 358 g/mol. The van der Waals surface area contributed by atoms with E-state index < -0.39 is 0 Å². The molecule has 0 radical (unpaired) electrons. The van der Waals surface area contributed by atoms with Gasteiger partial charge in [-0.1, -0.05) is 31.1 Å². The van der Waals surface area contributed by atoms with Crippen molar-refractivity contribution in [2.45, 2.75) is 69.3 Å². The Morgan fingerprint density at radius 1 is 1.30 bits per heavy atom. The van der Waals surface area contributed by atoms with Crippen LogP contribution in [0.5, 0.6) is 0 Å². The van der Waals surface area contributed by atoms with Crippen LogP contribution in [-0.4, -0.2) is 47.9 Å². The summed E-state index contributed by atoms with van der Waals surface area (Å²) in [7, 11) is 0. The maximum Gasteiger partial charge on any atom is 0.244 e. The highest BCUT2D eigenvalue weighted by molar-refractivity contribution is 6.20. The van der Waals surface area contributed by atoms with E-state index in [9.17, 15) is 4.79 Å². The molecule has 2 aliphatic carbocycles. The van der Waals surface area contributed by atoms with Crippen LogP contribution in [-0.2, 0) is 4.79 Å². The number of allylic oxidation sites excluding steroid dienone is 2. The molecule has 3 N–H and O–H groups in total. The van der Waals surface area contributed by atoms with E-state index in [2.05, 4.69) is 23.2 Å². The maximum atomic E-state index is 11.4. The highest BCUT2D eigenvalue weighted by Crippen LogP contribution is 2.43. The lowest BCUT2D eigenvalue weighted by molar-refractivity contribution is -0.114. The van der Waals surface area contributed by atoms with Crippen molar-refractivity contribution in [2.75, 3.05) is 19.6 Å². The lowest BCUT2D eigenvalue weighted by atomic mass is 9.70. The van der Waals surface area contributed by atoms with Crippen molar-refractivity contribution in [2.24, 2.45) is 23.5 Å². The number of nitrogens with one attached hydrogen (secondary N) is 1. The molecule has 2 heterocycles. The van der Waals surface area contributed by atoms with Crippen LogP contribution in [0, 0.1) is 17.8 Å². The highest BCUT2D eigenvalue weighted by Gasteiger charge is 2.45. The molecule has 0 spiro atoms. The van der Waals surface area contributed by atoms with Gasteiger partial charge in [0.1, 0.15) is 0 Å². The zero-order valence-corrected chi connectivity index (χ0v) is 17.3. The number of carbonyl (C=O) groups is 1. The summed E-state index contributed by atoms with van der Waals surface area (Å²) in [5.74, 6) is 1.73. The van der Waals surface area contributed by atoms with E-state index in [1.165, 1.54) is 37.8 Å². The molecule has 4 nitrogen and oxygen atoms in total. The molecule has 4 aliphatic rings. The van der Waals surface area contributed by atoms with Gasteiger partial charge in [0.05, 0.1) is 0 Å². The first-order valence-electron chi connectivity index (χ1n) is 10.9. The van der Waals surface area contributed by atoms with E-state index in [0.717, 1.165) is 43.8 Å². The Morgan fingerprint density at radius 3 is 2.89 bits per heavy atom. The Kier molecular flexibility index (Phi) is 5.96. The van der Waals surface area contributed by atoms with Crippen molar-refractivity contribution in [1.82, 2.24) is 10.2 Å². The minimum atomic E-state index is -0.271. The van der Waals surface area contributed by atoms with Crippen LogP contribution in [0.15, 0.2) is 23.3 Å². The predicted molar refractivity (Wildman–Crippen MR) is 111 cm³/mol. The highest BCUT2D eigenvalue weighted by atomic mass is 35.5. The largest absolute Gasteiger partial charge is 0.366 e. The lowest BCUT2D eigenvalue weighted by Crippen LogP contribution is -2.52. The second-order valence-corrected chi connectivity index (χ2v) is 9.69. The van der Waals surface area contributed by atoms with Crippen molar-refractivity contribution in [3.63, 3.8) is 0 Å². The van der Waals surface area contributed by atoms with Crippen LogP contribution in [0.2, 0.25) is 0 Å². The van der Waals surface area contributed by atoms with Crippen LogP contribution in [0.1, 0.15) is 51.9 Å². The molecule has 0 aromatic rings. The standard InChI is InChI=1S/C22H34ClN3O/c1-14-12-19(23)18(17-9-10-25-21(14)17)13-26-11-3-2-4-20(26)15-5-7-16(8-6-15)22(24)27/h5,7,14,17-21,25H,2-4,6,8-13H2,1H3,(H2,24,27). The number of amides is 1. The summed E-state index contributed by atoms with van der Waals surface area (Å²) in [4.78, 5) is 14.1. The first kappa shape index (κ1) is 19.5. The van der Waals surface area contributed by atoms with Crippen molar-refractivity contribution >= 4 is 17.5 Å². The molecular formula is C22H34ClN3O. The molecule has 5 heteroatoms. The van der Waals surface area contributed by atoms with Gasteiger partial charge >= 0.3 is 0 Å². The molecule has 1 amide bonds. The summed E-state index contributed by atoms with van der Waals surface area (Å²) in [6.07, 6.45) is 12.1. The van der Waals surface area contributed by atoms with Crippen molar-refractivity contribution < 1.29 is 4.79 Å². The molecule has 3 fully saturated rings. The van der Waals surface area contributed by atoms with Crippen LogP contribution >= 0.6 is 11.6 Å². The summed E-state index contributed by atoms with van der Waals surface area (Å²) in [5, 5.41) is 4.04. The number of hydrogen-bond acceptors (Lipinski definition) is 3. The maximum absolute atomic E-state index is 11.4. The number of alkyl halides is 1.